The van der Waals surface area contributed by atoms with Gasteiger partial charge in [0.1, 0.15) is 6.10 Å². The Bertz CT molecular complexity index is 247. The molecule has 0 amide bonds. The fourth-order valence-corrected chi connectivity index (χ4v) is 0.914. The van der Waals surface area contributed by atoms with Gasteiger partial charge in [-0.1, -0.05) is 0 Å². The van der Waals surface area contributed by atoms with Gasteiger partial charge in [0.2, 0.25) is 5.70 Å². The third kappa shape index (κ3) is 3.85. The Morgan fingerprint density at radius 3 is 2.15 bits per heavy atom. The fraction of sp³-hybridized carbons (Fsp3) is 0.625. The number of aliphatic carboxylic acids is 1. The summed E-state index contributed by atoms with van der Waals surface area (Å²) in [5.74, 6) is 0.428. The van der Waals surface area contributed by atoms with Crippen molar-refractivity contribution in [2.45, 2.75) is 12.5 Å². The number of aliphatic hydroxyl groups is 1. The number of carbonyl (C=O) groups excluding carboxylic acids is 1. The van der Waals surface area contributed by atoms with Crippen LogP contribution in [0.2, 0.25) is 0 Å². The third-order valence-electron chi connectivity index (χ3n) is 1.51. The number of carbonyl (C=O) groups is 1. The molecule has 0 bridgehead atoms. The molecule has 0 spiro atoms. The van der Waals surface area contributed by atoms with Gasteiger partial charge in [0.05, 0.1) is 27.6 Å². The average molecular weight is 188 g/mol. The molecule has 0 saturated carbocycles. The van der Waals surface area contributed by atoms with E-state index in [1.807, 2.05) is 0 Å². The zero-order chi connectivity index (χ0) is 10.6. The number of nitrogens with zero attached hydrogens (tertiary/aromatic N) is 1. The van der Waals surface area contributed by atoms with Gasteiger partial charge in [0.15, 0.2) is 5.94 Å². The summed E-state index contributed by atoms with van der Waals surface area (Å²) in [5, 5.41) is 17.7. The molecule has 0 aliphatic carbocycles. The Kier molecular flexibility index (Phi) is 3.81. The highest BCUT2D eigenvalue weighted by atomic mass is 16.4. The number of aliphatic hydroxyl groups excluding tert-OH is 1. The fourth-order valence-electron chi connectivity index (χ4n) is 0.914. The van der Waals surface area contributed by atoms with E-state index in [9.17, 15) is 14.7 Å². The van der Waals surface area contributed by atoms with E-state index in [1.54, 1.807) is 27.1 Å². The maximum Gasteiger partial charge on any atom is 0.306 e. The predicted molar refractivity (Wildman–Crippen MR) is 45.5 cm³/mol. The van der Waals surface area contributed by atoms with Gasteiger partial charge < -0.3 is 10.2 Å². The topological polar surface area (TPSA) is 74.6 Å². The van der Waals surface area contributed by atoms with Crippen molar-refractivity contribution < 1.29 is 24.3 Å². The molecule has 0 radical (unpaired) electrons. The molecule has 0 aliphatic rings. The number of hydrogen-bond acceptors (Lipinski definition) is 3. The van der Waals surface area contributed by atoms with Gasteiger partial charge in [-0.25, -0.2) is 4.79 Å². The zero-order valence-corrected chi connectivity index (χ0v) is 7.94. The molecule has 0 aromatic carbocycles. The first kappa shape index (κ1) is 11.8. The maximum absolute atomic E-state index is 10.4. The number of quaternary nitrogens is 1. The van der Waals surface area contributed by atoms with Gasteiger partial charge in [0, 0.05) is 0 Å². The van der Waals surface area contributed by atoms with E-state index in [1.165, 1.54) is 0 Å². The van der Waals surface area contributed by atoms with E-state index in [0.29, 0.717) is 0 Å². The van der Waals surface area contributed by atoms with Gasteiger partial charge in [-0.05, 0) is 0 Å². The lowest BCUT2D eigenvalue weighted by Crippen LogP contribution is -2.40. The molecule has 0 fully saturated rings. The molecule has 0 rings (SSSR count). The minimum absolute atomic E-state index is 0.0300. The molecule has 0 aromatic rings. The van der Waals surface area contributed by atoms with E-state index in [-0.39, 0.29) is 10.2 Å². The van der Waals surface area contributed by atoms with Gasteiger partial charge in [-0.3, -0.25) is 9.28 Å². The van der Waals surface area contributed by atoms with E-state index in [0.717, 1.165) is 0 Å². The quantitative estimate of drug-likeness (QED) is 0.449. The van der Waals surface area contributed by atoms with Crippen molar-refractivity contribution in [1.29, 1.82) is 0 Å². The number of rotatable bonds is 4. The first-order valence-corrected chi connectivity index (χ1v) is 3.76. The molecule has 1 unspecified atom stereocenters. The summed E-state index contributed by atoms with van der Waals surface area (Å²) in [7, 11) is 4.97. The van der Waals surface area contributed by atoms with E-state index in [4.69, 9.17) is 5.11 Å². The normalized spacial score (nSPS) is 13.2. The van der Waals surface area contributed by atoms with Crippen molar-refractivity contribution in [1.82, 2.24) is 0 Å². The van der Waals surface area contributed by atoms with Crippen LogP contribution in [-0.2, 0) is 9.59 Å². The van der Waals surface area contributed by atoms with E-state index >= 15 is 0 Å². The highest BCUT2D eigenvalue weighted by molar-refractivity contribution is 5.68. The van der Waals surface area contributed by atoms with Crippen LogP contribution in [0.5, 0.6) is 0 Å². The van der Waals surface area contributed by atoms with Crippen LogP contribution >= 0.6 is 0 Å². The summed E-state index contributed by atoms with van der Waals surface area (Å²) >= 11 is 0. The number of carboxylic acids is 1. The molecule has 0 heterocycles. The van der Waals surface area contributed by atoms with Gasteiger partial charge >= 0.3 is 5.97 Å². The van der Waals surface area contributed by atoms with Crippen LogP contribution in [0, 0.1) is 0 Å². The van der Waals surface area contributed by atoms with Gasteiger partial charge in [-0.15, -0.1) is 0 Å². The molecule has 2 N–H and O–H groups in total. The molecule has 1 atom stereocenters. The molecule has 0 saturated heterocycles. The van der Waals surface area contributed by atoms with Gasteiger partial charge in [-0.2, -0.15) is 0 Å². The SMILES string of the molecule is C[N+](C)(C)C(=C=O)C(O)CC(=O)O. The van der Waals surface area contributed by atoms with Crippen LogP contribution in [0.3, 0.4) is 0 Å². The Hall–Kier alpha value is -1.16. The monoisotopic (exact) mass is 188 g/mol. The van der Waals surface area contributed by atoms with Crippen molar-refractivity contribution in [3.63, 3.8) is 0 Å². The van der Waals surface area contributed by atoms with Crippen molar-refractivity contribution in [2.24, 2.45) is 0 Å². The minimum Gasteiger partial charge on any atom is -0.481 e. The predicted octanol–water partition coefficient (Wildman–Crippen LogP) is -0.756. The molecule has 0 aliphatic heterocycles. The molecule has 0 aromatic heterocycles. The highest BCUT2D eigenvalue weighted by Gasteiger charge is 2.27. The summed E-state index contributed by atoms with van der Waals surface area (Å²) in [6, 6.07) is 0. The number of carboxylic acid groups (broad SMARTS) is 1. The maximum atomic E-state index is 10.4. The zero-order valence-electron chi connectivity index (χ0n) is 7.94. The highest BCUT2D eigenvalue weighted by Crippen LogP contribution is 2.11. The van der Waals surface area contributed by atoms with Gasteiger partial charge in [0.25, 0.3) is 0 Å². The van der Waals surface area contributed by atoms with Crippen LogP contribution in [0.15, 0.2) is 5.70 Å². The smallest absolute Gasteiger partial charge is 0.306 e. The molecule has 74 valence electrons. The second-order valence-electron chi connectivity index (χ2n) is 3.61. The average Bonchev–Trinajstić information content (AvgIpc) is 1.82. The Morgan fingerprint density at radius 2 is 1.92 bits per heavy atom. The van der Waals surface area contributed by atoms with Crippen molar-refractivity contribution >= 4 is 11.9 Å². The second-order valence-corrected chi connectivity index (χ2v) is 3.61. The molecule has 13 heavy (non-hydrogen) atoms. The van der Waals surface area contributed by atoms with Crippen LogP contribution in [0.1, 0.15) is 6.42 Å². The van der Waals surface area contributed by atoms with Crippen LogP contribution in [-0.4, -0.2) is 53.9 Å². The lowest BCUT2D eigenvalue weighted by atomic mass is 10.2. The molecule has 5 heteroatoms. The molecular weight excluding hydrogens is 174 g/mol. The Morgan fingerprint density at radius 1 is 1.46 bits per heavy atom. The number of likely N-dealkylation sites (N-methyl/N-ethyl adjacent to an activating group) is 1. The van der Waals surface area contributed by atoms with Crippen molar-refractivity contribution in [3.8, 4) is 0 Å². The van der Waals surface area contributed by atoms with Crippen molar-refractivity contribution in [2.75, 3.05) is 21.1 Å². The third-order valence-corrected chi connectivity index (χ3v) is 1.51. The minimum atomic E-state index is -1.27. The summed E-state index contributed by atoms with van der Waals surface area (Å²) in [6.07, 6.45) is -1.74. The first-order valence-electron chi connectivity index (χ1n) is 3.76. The molecular formula is C8H14NO4+. The van der Waals surface area contributed by atoms with Crippen LogP contribution in [0.25, 0.3) is 0 Å². The van der Waals surface area contributed by atoms with Crippen molar-refractivity contribution in [3.05, 3.63) is 5.70 Å². The number of hydrogen-bond donors (Lipinski definition) is 2. The second kappa shape index (κ2) is 4.18. The lowest BCUT2D eigenvalue weighted by Gasteiger charge is -2.25. The largest absolute Gasteiger partial charge is 0.481 e. The first-order chi connectivity index (χ1) is 5.79. The summed E-state index contributed by atoms with van der Waals surface area (Å²) in [6.45, 7) is 0. The standard InChI is InChI=1S/C8H13NO4/c1-9(2,3)6(5-10)7(11)4-8(12)13/h7,11H,4H2,1-3H3/p+1. The lowest BCUT2D eigenvalue weighted by molar-refractivity contribution is -0.833. The summed E-state index contributed by atoms with van der Waals surface area (Å²) in [4.78, 5) is 20.7. The van der Waals surface area contributed by atoms with E-state index < -0.39 is 18.5 Å². The summed E-state index contributed by atoms with van der Waals surface area (Å²) < 4.78 is 0.0813. The van der Waals surface area contributed by atoms with Crippen LogP contribution in [0.4, 0.5) is 0 Å². The van der Waals surface area contributed by atoms with E-state index in [2.05, 4.69) is 0 Å². The van der Waals surface area contributed by atoms with Crippen LogP contribution < -0.4 is 0 Å². The molecule has 5 nitrogen and oxygen atoms in total. The Balaban J connectivity index is 4.63. The Labute approximate surface area is 76.5 Å². The summed E-state index contributed by atoms with van der Waals surface area (Å²) in [5.41, 5.74) is 0.0300.